The van der Waals surface area contributed by atoms with Crippen LogP contribution in [0.2, 0.25) is 0 Å². The van der Waals surface area contributed by atoms with Gasteiger partial charge in [0.1, 0.15) is 0 Å². The largest absolute Gasteiger partial charge is 0.464 e. The molecule has 6 heteroatoms. The van der Waals surface area contributed by atoms with Gasteiger partial charge in [0.25, 0.3) is 10.1 Å². The highest BCUT2D eigenvalue weighted by Crippen LogP contribution is 2.12. The second kappa shape index (κ2) is 13.8. The van der Waals surface area contributed by atoms with Crippen molar-refractivity contribution in [1.29, 1.82) is 0 Å². The summed E-state index contributed by atoms with van der Waals surface area (Å²) in [6, 6.07) is 7.74. The normalized spacial score (nSPS) is 11.4. The molecule has 0 atom stereocenters. The van der Waals surface area contributed by atoms with Crippen molar-refractivity contribution in [3.05, 3.63) is 30.3 Å². The molecule has 5 nitrogen and oxygen atoms in total. The Morgan fingerprint density at radius 3 is 1.96 bits per heavy atom. The van der Waals surface area contributed by atoms with Crippen LogP contribution in [0.25, 0.3) is 0 Å². The molecule has 0 heterocycles. The molecule has 0 saturated heterocycles. The maximum Gasteiger partial charge on any atom is 0.333 e. The molecule has 0 aromatic heterocycles. The van der Waals surface area contributed by atoms with E-state index in [-0.39, 0.29) is 4.90 Å². The molecule has 0 radical (unpaired) electrons. The van der Waals surface area contributed by atoms with Crippen molar-refractivity contribution in [1.82, 2.24) is 0 Å². The van der Waals surface area contributed by atoms with Crippen molar-refractivity contribution in [2.75, 3.05) is 13.2 Å². The predicted molar refractivity (Wildman–Crippen MR) is 102 cm³/mol. The Labute approximate surface area is 158 Å². The standard InChI is InChI=1S/C20H32O5S/c1-2-3-4-5-6-7-8-9-10-14-17-24-20(21)18-25-26(22,23)19-15-12-11-13-16-19/h11-13,15-16H,2-10,14,17-18H2,1H3. The van der Waals surface area contributed by atoms with Crippen LogP contribution in [0.5, 0.6) is 0 Å². The van der Waals surface area contributed by atoms with E-state index >= 15 is 0 Å². The van der Waals surface area contributed by atoms with Crippen LogP contribution in [-0.4, -0.2) is 27.6 Å². The number of esters is 1. The van der Waals surface area contributed by atoms with E-state index in [4.69, 9.17) is 8.92 Å². The SMILES string of the molecule is CCCCCCCCCCCCOC(=O)COS(=O)(=O)c1ccccc1. The molecule has 0 unspecified atom stereocenters. The van der Waals surface area contributed by atoms with Crippen LogP contribution in [0.4, 0.5) is 0 Å². The lowest BCUT2D eigenvalue weighted by atomic mass is 10.1. The van der Waals surface area contributed by atoms with E-state index in [2.05, 4.69) is 6.92 Å². The Morgan fingerprint density at radius 2 is 1.38 bits per heavy atom. The van der Waals surface area contributed by atoms with Gasteiger partial charge in [0.2, 0.25) is 0 Å². The van der Waals surface area contributed by atoms with Crippen molar-refractivity contribution < 1.29 is 22.1 Å². The molecular weight excluding hydrogens is 352 g/mol. The summed E-state index contributed by atoms with van der Waals surface area (Å²) in [6.45, 7) is 1.94. The van der Waals surface area contributed by atoms with Gasteiger partial charge in [0.05, 0.1) is 11.5 Å². The maximum atomic E-state index is 11.9. The lowest BCUT2D eigenvalue weighted by Gasteiger charge is -2.07. The van der Waals surface area contributed by atoms with E-state index in [1.54, 1.807) is 18.2 Å². The van der Waals surface area contributed by atoms with Crippen LogP contribution in [0.15, 0.2) is 35.2 Å². The van der Waals surface area contributed by atoms with Crippen LogP contribution in [0.3, 0.4) is 0 Å². The zero-order valence-electron chi connectivity index (χ0n) is 15.8. The molecule has 0 aliphatic carbocycles. The summed E-state index contributed by atoms with van der Waals surface area (Å²) >= 11 is 0. The molecule has 0 saturated carbocycles. The molecule has 148 valence electrons. The minimum atomic E-state index is -3.91. The summed E-state index contributed by atoms with van der Waals surface area (Å²) in [5.74, 6) is -0.652. The fraction of sp³-hybridized carbons (Fsp3) is 0.650. The van der Waals surface area contributed by atoms with Crippen LogP contribution in [0.1, 0.15) is 71.1 Å². The fourth-order valence-corrected chi connectivity index (χ4v) is 3.48. The van der Waals surface area contributed by atoms with Gasteiger partial charge >= 0.3 is 5.97 Å². The summed E-state index contributed by atoms with van der Waals surface area (Å²) in [5, 5.41) is 0. The second-order valence-electron chi connectivity index (χ2n) is 6.43. The molecule has 1 aromatic carbocycles. The zero-order valence-corrected chi connectivity index (χ0v) is 16.6. The highest BCUT2D eigenvalue weighted by molar-refractivity contribution is 7.86. The lowest BCUT2D eigenvalue weighted by Crippen LogP contribution is -2.17. The number of unbranched alkanes of at least 4 members (excludes halogenated alkanes) is 9. The Morgan fingerprint density at radius 1 is 0.846 bits per heavy atom. The Hall–Kier alpha value is -1.40. The van der Waals surface area contributed by atoms with Gasteiger partial charge < -0.3 is 4.74 Å². The molecule has 1 rings (SSSR count). The first-order valence-electron chi connectivity index (χ1n) is 9.66. The average Bonchev–Trinajstić information content (AvgIpc) is 2.65. The zero-order chi connectivity index (χ0) is 19.1. The molecule has 0 bridgehead atoms. The quantitative estimate of drug-likeness (QED) is 0.245. The topological polar surface area (TPSA) is 69.7 Å². The number of carbonyl (C=O) groups is 1. The smallest absolute Gasteiger partial charge is 0.333 e. The van der Waals surface area contributed by atoms with Gasteiger partial charge in [-0.25, -0.2) is 4.79 Å². The van der Waals surface area contributed by atoms with E-state index in [1.165, 1.54) is 57.1 Å². The average molecular weight is 385 g/mol. The predicted octanol–water partition coefficient (Wildman–Crippen LogP) is 4.86. The summed E-state index contributed by atoms with van der Waals surface area (Å²) in [5.41, 5.74) is 0. The van der Waals surface area contributed by atoms with Crippen molar-refractivity contribution in [3.8, 4) is 0 Å². The number of rotatable bonds is 15. The Bertz CT molecular complexity index is 583. The minimum Gasteiger partial charge on any atom is -0.464 e. The Balaban J connectivity index is 2.00. The van der Waals surface area contributed by atoms with Gasteiger partial charge in [-0.3, -0.25) is 4.18 Å². The van der Waals surface area contributed by atoms with Gasteiger partial charge in [-0.15, -0.1) is 0 Å². The number of hydrogen-bond acceptors (Lipinski definition) is 5. The molecule has 0 aliphatic heterocycles. The summed E-state index contributed by atoms with van der Waals surface area (Å²) < 4.78 is 33.5. The Kier molecular flexibility index (Phi) is 12.0. The van der Waals surface area contributed by atoms with E-state index < -0.39 is 22.7 Å². The fourth-order valence-electron chi connectivity index (χ4n) is 2.60. The molecule has 0 N–H and O–H groups in total. The van der Waals surface area contributed by atoms with Crippen molar-refractivity contribution in [3.63, 3.8) is 0 Å². The van der Waals surface area contributed by atoms with Crippen LogP contribution in [-0.2, 0) is 23.8 Å². The summed E-state index contributed by atoms with van der Waals surface area (Å²) in [4.78, 5) is 11.6. The molecular formula is C20H32O5S. The monoisotopic (exact) mass is 384 g/mol. The van der Waals surface area contributed by atoms with E-state index in [1.807, 2.05) is 0 Å². The van der Waals surface area contributed by atoms with Crippen LogP contribution < -0.4 is 0 Å². The molecule has 1 aromatic rings. The van der Waals surface area contributed by atoms with E-state index in [0.717, 1.165) is 19.3 Å². The van der Waals surface area contributed by atoms with Crippen LogP contribution >= 0.6 is 0 Å². The van der Waals surface area contributed by atoms with Crippen LogP contribution in [0, 0.1) is 0 Å². The van der Waals surface area contributed by atoms with Gasteiger partial charge in [-0.2, -0.15) is 8.42 Å². The number of benzene rings is 1. The first-order chi connectivity index (χ1) is 12.6. The van der Waals surface area contributed by atoms with Gasteiger partial charge in [0, 0.05) is 0 Å². The van der Waals surface area contributed by atoms with E-state index in [9.17, 15) is 13.2 Å². The highest BCUT2D eigenvalue weighted by atomic mass is 32.2. The molecule has 0 aliphatic rings. The van der Waals surface area contributed by atoms with Crippen molar-refractivity contribution in [2.24, 2.45) is 0 Å². The first kappa shape index (κ1) is 22.6. The lowest BCUT2D eigenvalue weighted by molar-refractivity contribution is -0.146. The third-order valence-electron chi connectivity index (χ3n) is 4.12. The minimum absolute atomic E-state index is 0.0301. The van der Waals surface area contributed by atoms with Crippen molar-refractivity contribution in [2.45, 2.75) is 76.0 Å². The number of carbonyl (C=O) groups excluding carboxylic acids is 1. The highest BCUT2D eigenvalue weighted by Gasteiger charge is 2.17. The third-order valence-corrected chi connectivity index (χ3v) is 5.40. The molecule has 0 spiro atoms. The van der Waals surface area contributed by atoms with Gasteiger partial charge in [-0.1, -0.05) is 82.9 Å². The molecule has 0 fully saturated rings. The summed E-state index contributed by atoms with van der Waals surface area (Å²) in [6.07, 6.45) is 12.0. The number of ether oxygens (including phenoxy) is 1. The van der Waals surface area contributed by atoms with Gasteiger partial charge in [-0.05, 0) is 18.6 Å². The first-order valence-corrected chi connectivity index (χ1v) is 11.1. The molecule has 0 amide bonds. The van der Waals surface area contributed by atoms with Crippen molar-refractivity contribution >= 4 is 16.1 Å². The van der Waals surface area contributed by atoms with Gasteiger partial charge in [0.15, 0.2) is 6.61 Å². The molecule has 26 heavy (non-hydrogen) atoms. The second-order valence-corrected chi connectivity index (χ2v) is 8.05. The summed E-state index contributed by atoms with van der Waals surface area (Å²) in [7, 11) is -3.91. The van der Waals surface area contributed by atoms with E-state index in [0.29, 0.717) is 6.61 Å². The maximum absolute atomic E-state index is 11.9. The third kappa shape index (κ3) is 10.6. The number of hydrogen-bond donors (Lipinski definition) is 0.